The molecule has 0 saturated carbocycles. The molecule has 2 nitrogen and oxygen atoms in total. The second kappa shape index (κ2) is 5.20. The van der Waals surface area contributed by atoms with Crippen LogP contribution in [-0.4, -0.2) is 24.3 Å². The first-order valence-corrected chi connectivity index (χ1v) is 5.79. The van der Waals surface area contributed by atoms with Crippen LogP contribution in [0, 0.1) is 0 Å². The zero-order valence-corrected chi connectivity index (χ0v) is 9.23. The topological polar surface area (TPSA) is 18.5 Å². The first-order valence-electron chi connectivity index (χ1n) is 4.67. The molecule has 0 aromatic heterocycles. The van der Waals surface area contributed by atoms with Crippen LogP contribution in [0.3, 0.4) is 0 Å². The zero-order chi connectivity index (χ0) is 8.86. The Hall–Kier alpha value is 0.400. The summed E-state index contributed by atoms with van der Waals surface area (Å²) in [6.07, 6.45) is 4.39. The van der Waals surface area contributed by atoms with Crippen LogP contribution in [0.5, 0.6) is 0 Å². The van der Waals surface area contributed by atoms with Crippen molar-refractivity contribution in [2.75, 3.05) is 18.5 Å². The van der Waals surface area contributed by atoms with Crippen LogP contribution < -0.4 is 0 Å². The predicted molar refractivity (Wildman–Crippen MR) is 52.6 cm³/mol. The van der Waals surface area contributed by atoms with Crippen LogP contribution in [0.4, 0.5) is 0 Å². The Bertz CT molecular complexity index is 122. The summed E-state index contributed by atoms with van der Waals surface area (Å²) in [4.78, 5) is 0. The van der Waals surface area contributed by atoms with Crippen molar-refractivity contribution < 1.29 is 9.47 Å². The lowest BCUT2D eigenvalue weighted by Gasteiger charge is -2.25. The van der Waals surface area contributed by atoms with Gasteiger partial charge < -0.3 is 9.47 Å². The van der Waals surface area contributed by atoms with Gasteiger partial charge in [0.2, 0.25) is 0 Å². The van der Waals surface area contributed by atoms with Gasteiger partial charge in [0.05, 0.1) is 13.2 Å². The van der Waals surface area contributed by atoms with Crippen molar-refractivity contribution >= 4 is 15.9 Å². The molecule has 0 bridgehead atoms. The minimum Gasteiger partial charge on any atom is -0.348 e. The second-order valence-electron chi connectivity index (χ2n) is 3.11. The molecule has 0 aromatic rings. The Morgan fingerprint density at radius 3 is 2.42 bits per heavy atom. The summed E-state index contributed by atoms with van der Waals surface area (Å²) in [7, 11) is 0. The standard InChI is InChI=1S/C9H17BrO2/c1-2-9(5-3-4-6-10)11-7-8-12-9/h2-8H2,1H3. The minimum absolute atomic E-state index is 0.234. The number of alkyl halides is 1. The van der Waals surface area contributed by atoms with Crippen molar-refractivity contribution in [1.82, 2.24) is 0 Å². The average molecular weight is 237 g/mol. The van der Waals surface area contributed by atoms with Crippen LogP contribution in [-0.2, 0) is 9.47 Å². The molecule has 0 radical (unpaired) electrons. The van der Waals surface area contributed by atoms with Crippen molar-refractivity contribution in [2.24, 2.45) is 0 Å². The van der Waals surface area contributed by atoms with Crippen molar-refractivity contribution in [3.05, 3.63) is 0 Å². The smallest absolute Gasteiger partial charge is 0.168 e. The maximum Gasteiger partial charge on any atom is 0.168 e. The van der Waals surface area contributed by atoms with E-state index in [1.807, 2.05) is 0 Å². The quantitative estimate of drug-likeness (QED) is 0.540. The van der Waals surface area contributed by atoms with Gasteiger partial charge in [-0.1, -0.05) is 22.9 Å². The van der Waals surface area contributed by atoms with Gasteiger partial charge in [0.15, 0.2) is 5.79 Å². The van der Waals surface area contributed by atoms with Crippen LogP contribution in [0.15, 0.2) is 0 Å². The van der Waals surface area contributed by atoms with E-state index in [0.29, 0.717) is 0 Å². The molecule has 0 N–H and O–H groups in total. The molecule has 1 rings (SSSR count). The molecule has 0 atom stereocenters. The van der Waals surface area contributed by atoms with Gasteiger partial charge in [-0.05, 0) is 19.3 Å². The van der Waals surface area contributed by atoms with E-state index >= 15 is 0 Å². The van der Waals surface area contributed by atoms with Crippen molar-refractivity contribution in [2.45, 2.75) is 38.4 Å². The fraction of sp³-hybridized carbons (Fsp3) is 1.00. The molecule has 0 aliphatic carbocycles. The molecule has 0 unspecified atom stereocenters. The molecule has 1 aliphatic heterocycles. The van der Waals surface area contributed by atoms with E-state index in [-0.39, 0.29) is 5.79 Å². The Labute approximate surface area is 82.7 Å². The lowest BCUT2D eigenvalue weighted by Crippen LogP contribution is -2.28. The molecule has 1 aliphatic rings. The molecule has 0 amide bonds. The predicted octanol–water partition coefficient (Wildman–Crippen LogP) is 2.70. The van der Waals surface area contributed by atoms with Gasteiger partial charge in [0.25, 0.3) is 0 Å². The first kappa shape index (κ1) is 10.5. The summed E-state index contributed by atoms with van der Waals surface area (Å²) >= 11 is 3.42. The maximum absolute atomic E-state index is 5.60. The van der Waals surface area contributed by atoms with E-state index in [4.69, 9.17) is 9.47 Å². The van der Waals surface area contributed by atoms with Crippen LogP contribution >= 0.6 is 15.9 Å². The highest BCUT2D eigenvalue weighted by atomic mass is 79.9. The normalized spacial score (nSPS) is 21.5. The molecular formula is C9H17BrO2. The third-order valence-electron chi connectivity index (χ3n) is 2.29. The Morgan fingerprint density at radius 2 is 1.92 bits per heavy atom. The highest BCUT2D eigenvalue weighted by Crippen LogP contribution is 2.28. The van der Waals surface area contributed by atoms with Gasteiger partial charge in [-0.25, -0.2) is 0 Å². The zero-order valence-electron chi connectivity index (χ0n) is 7.64. The van der Waals surface area contributed by atoms with Gasteiger partial charge in [0.1, 0.15) is 0 Å². The van der Waals surface area contributed by atoms with Gasteiger partial charge in [0, 0.05) is 11.8 Å². The molecule has 1 heterocycles. The number of rotatable bonds is 5. The molecule has 12 heavy (non-hydrogen) atoms. The van der Waals surface area contributed by atoms with Crippen LogP contribution in [0.25, 0.3) is 0 Å². The Balaban J connectivity index is 2.24. The average Bonchev–Trinajstić information content (AvgIpc) is 2.55. The highest BCUT2D eigenvalue weighted by molar-refractivity contribution is 9.09. The van der Waals surface area contributed by atoms with Crippen LogP contribution in [0.1, 0.15) is 32.6 Å². The first-order chi connectivity index (χ1) is 5.83. The van der Waals surface area contributed by atoms with E-state index in [0.717, 1.165) is 31.4 Å². The van der Waals surface area contributed by atoms with E-state index in [9.17, 15) is 0 Å². The van der Waals surface area contributed by atoms with Crippen molar-refractivity contribution in [3.63, 3.8) is 0 Å². The molecule has 1 saturated heterocycles. The summed E-state index contributed by atoms with van der Waals surface area (Å²) in [5, 5.41) is 1.08. The summed E-state index contributed by atoms with van der Waals surface area (Å²) in [5.74, 6) is -0.234. The van der Waals surface area contributed by atoms with Crippen molar-refractivity contribution in [3.8, 4) is 0 Å². The summed E-state index contributed by atoms with van der Waals surface area (Å²) < 4.78 is 11.2. The lowest BCUT2D eigenvalue weighted by molar-refractivity contribution is -0.164. The number of halogens is 1. The molecule has 0 aromatic carbocycles. The summed E-state index contributed by atoms with van der Waals surface area (Å²) in [5.41, 5.74) is 0. The number of ether oxygens (including phenoxy) is 2. The van der Waals surface area contributed by atoms with E-state index in [2.05, 4.69) is 22.9 Å². The fourth-order valence-corrected chi connectivity index (χ4v) is 1.91. The SMILES string of the molecule is CCC1(CCCCBr)OCCO1. The number of hydrogen-bond acceptors (Lipinski definition) is 2. The molecule has 72 valence electrons. The second-order valence-corrected chi connectivity index (χ2v) is 3.90. The number of unbranched alkanes of at least 4 members (excludes halogenated alkanes) is 1. The summed E-state index contributed by atoms with van der Waals surface area (Å²) in [6.45, 7) is 3.66. The lowest BCUT2D eigenvalue weighted by atomic mass is 10.1. The van der Waals surface area contributed by atoms with Gasteiger partial charge >= 0.3 is 0 Å². The summed E-state index contributed by atoms with van der Waals surface area (Å²) in [6, 6.07) is 0. The molecule has 1 fully saturated rings. The number of hydrogen-bond donors (Lipinski definition) is 0. The molecule has 0 spiro atoms. The Kier molecular flexibility index (Phi) is 4.54. The largest absolute Gasteiger partial charge is 0.348 e. The van der Waals surface area contributed by atoms with Gasteiger partial charge in [-0.15, -0.1) is 0 Å². The van der Waals surface area contributed by atoms with Crippen LogP contribution in [0.2, 0.25) is 0 Å². The fourth-order valence-electron chi connectivity index (χ4n) is 1.51. The third kappa shape index (κ3) is 2.71. The Morgan fingerprint density at radius 1 is 1.25 bits per heavy atom. The van der Waals surface area contributed by atoms with E-state index in [1.165, 1.54) is 12.8 Å². The maximum atomic E-state index is 5.60. The molecule has 3 heteroatoms. The van der Waals surface area contributed by atoms with Crippen molar-refractivity contribution in [1.29, 1.82) is 0 Å². The third-order valence-corrected chi connectivity index (χ3v) is 2.85. The molecular weight excluding hydrogens is 220 g/mol. The van der Waals surface area contributed by atoms with Gasteiger partial charge in [-0.2, -0.15) is 0 Å². The van der Waals surface area contributed by atoms with E-state index in [1.54, 1.807) is 0 Å². The minimum atomic E-state index is -0.234. The van der Waals surface area contributed by atoms with Gasteiger partial charge in [-0.3, -0.25) is 0 Å². The monoisotopic (exact) mass is 236 g/mol. The van der Waals surface area contributed by atoms with E-state index < -0.39 is 0 Å². The highest BCUT2D eigenvalue weighted by Gasteiger charge is 2.33.